The first-order valence-corrected chi connectivity index (χ1v) is 40.6. The standard InChI is InChI=1S/C78H124N20O28/c1-37(2)26-48(68(115)92-53(78(125)126)30-59(83)107)87-69(116)50(28-41-14-18-43(104)19-15-41)91-77(124)63(40(7)103)98-67(114)46(13-9-11-25-80)85-60(108)32-84-65(112)52(31-61(109)110)89-74(121)57(36-102)95-70(117)51(29-42-16-20-44(105)21-17-42)90-76(123)62(39(5)6)97-71(118)49(27-38(3)4)88-73(120)56(35-101)94-66(113)47(22-23-58(82)106)86-72(119)55(34-100)96-75(122)54(33-99)93-64(111)45(81)12-8-10-24-79/h14-21,37-40,45-57,62-63,99-105H,8-13,22-36,79-81H2,1-7H3,(H2,82,106)(H2,83,107)(H,84,112)(H,85,108)(H,86,119)(H,87,116)(H,88,120)(H,89,121)(H,90,123)(H,91,124)(H,92,115)(H,93,111)(H,94,113)(H,95,117)(H,96,122)(H,97,118)(H,98,114)(H,109,110)(H,125,126)/t40-,45+,46+,47+,48+,49+,50+,51+,52+,53+,54+,55+,56+,57+,62+,63+/m1/s1. The summed E-state index contributed by atoms with van der Waals surface area (Å²) in [5.74, 6) is -25.0. The summed E-state index contributed by atoms with van der Waals surface area (Å²) in [4.78, 5) is 256. The van der Waals surface area contributed by atoms with E-state index in [0.29, 0.717) is 24.9 Å². The van der Waals surface area contributed by atoms with Crippen molar-refractivity contribution in [2.45, 2.75) is 235 Å². The van der Waals surface area contributed by atoms with Gasteiger partial charge in [0.2, 0.25) is 100 Å². The minimum absolute atomic E-state index is 0.0830. The largest absolute Gasteiger partial charge is 0.508 e. The van der Waals surface area contributed by atoms with E-state index in [1.807, 2.05) is 0 Å². The fourth-order valence-electron chi connectivity index (χ4n) is 12.0. The molecule has 0 saturated carbocycles. The van der Waals surface area contributed by atoms with Crippen molar-refractivity contribution < 1.29 is 137 Å². The van der Waals surface area contributed by atoms with Crippen LogP contribution in [0.5, 0.6) is 11.5 Å². The summed E-state index contributed by atoms with van der Waals surface area (Å²) in [5, 5.41) is 126. The molecule has 704 valence electrons. The molecule has 2 aromatic carbocycles. The SMILES string of the molecule is CC(C)C[C@H](NC(=O)[C@H](Cc1ccc(O)cc1)NC(=O)[C@@H](NC(=O)[C@H](CCCCN)NC(=O)CNC(=O)[C@H](CC(=O)O)NC(=O)[C@H](CO)NC(=O)[C@H](Cc1ccc(O)cc1)NC(=O)[C@@H](NC(=O)[C@H](CC(C)C)NC(=O)[C@H](CO)NC(=O)[C@H](CCC(N)=O)NC(=O)[C@H](CO)NC(=O)[C@H](CO)NC(=O)[C@@H](N)CCCCN)C(C)C)[C@@H](C)O)C(=O)N[C@@H](CC(N)=O)C(=O)O. The Balaban J connectivity index is 2.42. The molecular formula is C78H124N20O28. The van der Waals surface area contributed by atoms with Crippen molar-refractivity contribution in [2.75, 3.05) is 46.1 Å². The summed E-state index contributed by atoms with van der Waals surface area (Å²) in [6.07, 6.45) is -4.77. The second kappa shape index (κ2) is 56.5. The van der Waals surface area contributed by atoms with E-state index in [1.54, 1.807) is 27.7 Å². The van der Waals surface area contributed by atoms with Crippen LogP contribution < -0.4 is 108 Å². The predicted molar refractivity (Wildman–Crippen MR) is 443 cm³/mol. The molecule has 0 aromatic heterocycles. The van der Waals surface area contributed by atoms with Gasteiger partial charge in [0.25, 0.3) is 0 Å². The van der Waals surface area contributed by atoms with Crippen LogP contribution in [-0.2, 0) is 104 Å². The van der Waals surface area contributed by atoms with Crippen LogP contribution in [0.15, 0.2) is 48.5 Å². The minimum Gasteiger partial charge on any atom is -0.508 e. The number of amides is 17. The highest BCUT2D eigenvalue weighted by molar-refractivity contribution is 6.01. The Hall–Kier alpha value is -12.3. The Bertz CT molecular complexity index is 4010. The van der Waals surface area contributed by atoms with Crippen LogP contribution in [0.2, 0.25) is 0 Å². The number of nitrogens with one attached hydrogen (secondary N) is 15. The first-order valence-electron chi connectivity index (χ1n) is 40.6. The van der Waals surface area contributed by atoms with E-state index in [9.17, 15) is 137 Å². The Morgan fingerprint density at radius 2 is 0.683 bits per heavy atom. The Kier molecular flexibility index (Phi) is 49.2. The first kappa shape index (κ1) is 110. The second-order valence-electron chi connectivity index (χ2n) is 31.0. The molecule has 0 spiro atoms. The second-order valence-corrected chi connectivity index (χ2v) is 31.0. The summed E-state index contributed by atoms with van der Waals surface area (Å²) < 4.78 is 0. The third kappa shape index (κ3) is 40.5. The van der Waals surface area contributed by atoms with Crippen LogP contribution in [0.1, 0.15) is 137 Å². The lowest BCUT2D eigenvalue weighted by molar-refractivity contribution is -0.144. The lowest BCUT2D eigenvalue weighted by atomic mass is 9.98. The first-order chi connectivity index (χ1) is 59.2. The maximum atomic E-state index is 14.5. The summed E-state index contributed by atoms with van der Waals surface area (Å²) in [7, 11) is 0. The molecule has 0 fully saturated rings. The maximum Gasteiger partial charge on any atom is 0.326 e. The van der Waals surface area contributed by atoms with Crippen LogP contribution in [0.4, 0.5) is 0 Å². The van der Waals surface area contributed by atoms with Crippen molar-refractivity contribution in [1.82, 2.24) is 79.8 Å². The number of carbonyl (C=O) groups is 19. The molecule has 0 aliphatic heterocycles. The normalized spacial score (nSPS) is 15.0. The fourth-order valence-corrected chi connectivity index (χ4v) is 12.0. The molecule has 0 aliphatic rings. The summed E-state index contributed by atoms with van der Waals surface area (Å²) in [6, 6.07) is -15.7. The number of phenols is 2. The molecule has 17 amide bonds. The van der Waals surface area contributed by atoms with Gasteiger partial charge >= 0.3 is 11.9 Å². The van der Waals surface area contributed by atoms with Gasteiger partial charge < -0.3 is 154 Å². The average molecular weight is 1790 g/mol. The van der Waals surface area contributed by atoms with Gasteiger partial charge in [-0.25, -0.2) is 4.79 Å². The Labute approximate surface area is 725 Å². The smallest absolute Gasteiger partial charge is 0.326 e. The highest BCUT2D eigenvalue weighted by atomic mass is 16.4. The van der Waals surface area contributed by atoms with E-state index < -0.39 is 286 Å². The number of carboxylic acids is 2. The molecule has 0 heterocycles. The van der Waals surface area contributed by atoms with E-state index in [0.717, 1.165) is 6.92 Å². The number of unbranched alkanes of at least 4 members (excludes halogenated alkanes) is 2. The van der Waals surface area contributed by atoms with Crippen molar-refractivity contribution in [3.05, 3.63) is 59.7 Å². The number of benzene rings is 2. The van der Waals surface area contributed by atoms with E-state index in [1.165, 1.54) is 62.4 Å². The fraction of sp³-hybridized carbons (Fsp3) is 0.603. The van der Waals surface area contributed by atoms with Crippen LogP contribution >= 0.6 is 0 Å². The van der Waals surface area contributed by atoms with Gasteiger partial charge in [0.15, 0.2) is 0 Å². The van der Waals surface area contributed by atoms with Crippen LogP contribution in [0.3, 0.4) is 0 Å². The van der Waals surface area contributed by atoms with Crippen molar-refractivity contribution in [3.8, 4) is 11.5 Å². The van der Waals surface area contributed by atoms with Crippen molar-refractivity contribution in [1.29, 1.82) is 0 Å². The molecule has 48 nitrogen and oxygen atoms in total. The number of primary amides is 2. The highest BCUT2D eigenvalue weighted by Gasteiger charge is 2.40. The highest BCUT2D eigenvalue weighted by Crippen LogP contribution is 2.18. The third-order valence-corrected chi connectivity index (χ3v) is 18.9. The van der Waals surface area contributed by atoms with Crippen LogP contribution in [0, 0.1) is 17.8 Å². The number of aromatic hydroxyl groups is 2. The van der Waals surface area contributed by atoms with E-state index >= 15 is 0 Å². The number of aliphatic hydroxyl groups excluding tert-OH is 5. The molecule has 0 bridgehead atoms. The molecule has 126 heavy (non-hydrogen) atoms. The number of carbonyl (C=O) groups excluding carboxylic acids is 17. The van der Waals surface area contributed by atoms with Gasteiger partial charge in [-0.3, -0.25) is 86.3 Å². The van der Waals surface area contributed by atoms with Crippen LogP contribution in [-0.4, -0.2) is 301 Å². The Morgan fingerprint density at radius 3 is 1.06 bits per heavy atom. The van der Waals surface area contributed by atoms with Gasteiger partial charge in [-0.15, -0.1) is 0 Å². The van der Waals surface area contributed by atoms with Gasteiger partial charge in [0, 0.05) is 19.3 Å². The number of phenolic OH excluding ortho intramolecular Hbond substituents is 2. The zero-order valence-corrected chi connectivity index (χ0v) is 71.1. The summed E-state index contributed by atoms with van der Waals surface area (Å²) >= 11 is 0. The number of rotatable bonds is 60. The molecule has 0 aliphatic carbocycles. The van der Waals surface area contributed by atoms with Gasteiger partial charge in [-0.2, -0.15) is 0 Å². The maximum absolute atomic E-state index is 14.5. The number of hydrogen-bond acceptors (Lipinski definition) is 29. The van der Waals surface area contributed by atoms with Crippen molar-refractivity contribution in [3.63, 3.8) is 0 Å². The molecule has 2 rings (SSSR count). The molecule has 0 saturated heterocycles. The van der Waals surface area contributed by atoms with Crippen LogP contribution in [0.25, 0.3) is 0 Å². The summed E-state index contributed by atoms with van der Waals surface area (Å²) in [6.45, 7) is 5.33. The van der Waals surface area contributed by atoms with Gasteiger partial charge in [-0.05, 0) is 125 Å². The number of carboxylic acid groups (broad SMARTS) is 2. The van der Waals surface area contributed by atoms with Crippen molar-refractivity contribution in [2.24, 2.45) is 46.4 Å². The quantitative estimate of drug-likeness (QED) is 0.0274. The van der Waals surface area contributed by atoms with Crippen molar-refractivity contribution >= 4 is 112 Å². The topological polar surface area (TPSA) is 817 Å². The monoisotopic (exact) mass is 1790 g/mol. The molecule has 2 aromatic rings. The number of aliphatic carboxylic acids is 2. The Morgan fingerprint density at radius 1 is 0.349 bits per heavy atom. The summed E-state index contributed by atoms with van der Waals surface area (Å²) in [5.41, 5.74) is 28.1. The number of aliphatic hydroxyl groups is 5. The molecule has 0 unspecified atom stereocenters. The zero-order valence-electron chi connectivity index (χ0n) is 71.1. The minimum atomic E-state index is -2.11. The molecule has 34 N–H and O–H groups in total. The number of nitrogens with two attached hydrogens (primary N) is 5. The average Bonchev–Trinajstić information content (AvgIpc) is 0.812. The molecule has 0 radical (unpaired) electrons. The molecule has 48 heteroatoms. The lowest BCUT2D eigenvalue weighted by Crippen LogP contribution is -2.62. The van der Waals surface area contributed by atoms with E-state index in [-0.39, 0.29) is 74.5 Å². The van der Waals surface area contributed by atoms with E-state index in [2.05, 4.69) is 79.8 Å². The lowest BCUT2D eigenvalue weighted by Gasteiger charge is -2.29. The van der Waals surface area contributed by atoms with E-state index in [4.69, 9.17) is 28.7 Å². The molecular weight excluding hydrogens is 1660 g/mol. The van der Waals surface area contributed by atoms with Gasteiger partial charge in [0.05, 0.1) is 58.0 Å². The van der Waals surface area contributed by atoms with Gasteiger partial charge in [0.1, 0.15) is 96.1 Å². The predicted octanol–water partition coefficient (Wildman–Crippen LogP) is -10.8. The number of hydrogen-bond donors (Lipinski definition) is 29. The molecule has 16 atom stereocenters. The third-order valence-electron chi connectivity index (χ3n) is 18.9. The van der Waals surface area contributed by atoms with Gasteiger partial charge in [-0.1, -0.05) is 72.2 Å². The zero-order chi connectivity index (χ0) is 95.4.